The highest BCUT2D eigenvalue weighted by Gasteiger charge is 2.04. The Morgan fingerprint density at radius 1 is 1.15 bits per heavy atom. The second-order valence-electron chi connectivity index (χ2n) is 4.14. The normalized spacial score (nSPS) is 9.60. The van der Waals surface area contributed by atoms with Crippen molar-refractivity contribution in [3.8, 4) is 17.6 Å². The van der Waals surface area contributed by atoms with Crippen molar-refractivity contribution in [2.24, 2.45) is 0 Å². The number of carbonyl (C=O) groups is 1. The van der Waals surface area contributed by atoms with Gasteiger partial charge in [-0.15, -0.1) is 0 Å². The molecule has 0 saturated heterocycles. The Labute approximate surface area is 117 Å². The molecule has 0 saturated carbocycles. The number of benzene rings is 2. The number of nitrogens with zero attached hydrogens (tertiary/aromatic N) is 1. The van der Waals surface area contributed by atoms with Crippen molar-refractivity contribution in [1.29, 1.82) is 5.26 Å². The standard InChI is InChI=1S/C16H13NO3/c1-19-16(18)10-13-3-2-4-15(9-13)20-14-7-5-12(11-17)6-8-14/h2-9H,10H2,1H3. The van der Waals surface area contributed by atoms with E-state index in [0.29, 0.717) is 17.1 Å². The summed E-state index contributed by atoms with van der Waals surface area (Å²) in [6, 6.07) is 16.1. The Morgan fingerprint density at radius 2 is 1.90 bits per heavy atom. The molecule has 4 heteroatoms. The van der Waals surface area contributed by atoms with E-state index >= 15 is 0 Å². The molecule has 0 fully saturated rings. The Bertz CT molecular complexity index is 642. The van der Waals surface area contributed by atoms with Crippen LogP contribution in [0, 0.1) is 11.3 Å². The van der Waals surface area contributed by atoms with Crippen molar-refractivity contribution in [1.82, 2.24) is 0 Å². The molecule has 0 aliphatic heterocycles. The summed E-state index contributed by atoms with van der Waals surface area (Å²) < 4.78 is 10.3. The fraction of sp³-hybridized carbons (Fsp3) is 0.125. The molecule has 2 rings (SSSR count). The Kier molecular flexibility index (Phi) is 4.35. The number of rotatable bonds is 4. The van der Waals surface area contributed by atoms with Gasteiger partial charge in [0.2, 0.25) is 0 Å². The first kappa shape index (κ1) is 13.6. The molecule has 0 radical (unpaired) electrons. The van der Waals surface area contributed by atoms with Crippen LogP contribution in [0.3, 0.4) is 0 Å². The molecule has 20 heavy (non-hydrogen) atoms. The second-order valence-corrected chi connectivity index (χ2v) is 4.14. The number of nitriles is 1. The molecule has 0 heterocycles. The summed E-state index contributed by atoms with van der Waals surface area (Å²) in [5, 5.41) is 8.73. The van der Waals surface area contributed by atoms with E-state index < -0.39 is 0 Å². The van der Waals surface area contributed by atoms with Crippen LogP contribution < -0.4 is 4.74 Å². The third-order valence-electron chi connectivity index (χ3n) is 2.69. The third kappa shape index (κ3) is 3.59. The average molecular weight is 267 g/mol. The topological polar surface area (TPSA) is 59.3 Å². The first-order valence-corrected chi connectivity index (χ1v) is 6.05. The first-order chi connectivity index (χ1) is 9.71. The molecule has 0 spiro atoms. The van der Waals surface area contributed by atoms with Gasteiger partial charge in [0.15, 0.2) is 0 Å². The second kappa shape index (κ2) is 6.39. The lowest BCUT2D eigenvalue weighted by atomic mass is 10.1. The van der Waals surface area contributed by atoms with Crippen molar-refractivity contribution in [2.45, 2.75) is 6.42 Å². The van der Waals surface area contributed by atoms with Crippen molar-refractivity contribution >= 4 is 5.97 Å². The van der Waals surface area contributed by atoms with E-state index in [9.17, 15) is 4.79 Å². The van der Waals surface area contributed by atoms with Crippen LogP contribution in [-0.2, 0) is 16.0 Å². The van der Waals surface area contributed by atoms with Gasteiger partial charge >= 0.3 is 5.97 Å². The van der Waals surface area contributed by atoms with E-state index in [2.05, 4.69) is 4.74 Å². The van der Waals surface area contributed by atoms with Gasteiger partial charge in [-0.1, -0.05) is 12.1 Å². The lowest BCUT2D eigenvalue weighted by Gasteiger charge is -2.07. The van der Waals surface area contributed by atoms with E-state index in [1.54, 1.807) is 36.4 Å². The van der Waals surface area contributed by atoms with Gasteiger partial charge in [-0.2, -0.15) is 5.26 Å². The summed E-state index contributed by atoms with van der Waals surface area (Å²) in [5.41, 5.74) is 1.40. The van der Waals surface area contributed by atoms with Gasteiger partial charge in [0.1, 0.15) is 11.5 Å². The molecule has 0 unspecified atom stereocenters. The van der Waals surface area contributed by atoms with Crippen LogP contribution in [0.15, 0.2) is 48.5 Å². The number of ether oxygens (including phenoxy) is 2. The van der Waals surface area contributed by atoms with E-state index in [1.165, 1.54) is 7.11 Å². The predicted octanol–water partition coefficient (Wildman–Crippen LogP) is 3.07. The SMILES string of the molecule is COC(=O)Cc1cccc(Oc2ccc(C#N)cc2)c1. The predicted molar refractivity (Wildman–Crippen MR) is 73.4 cm³/mol. The number of methoxy groups -OCH3 is 1. The van der Waals surface area contributed by atoms with Crippen molar-refractivity contribution < 1.29 is 14.3 Å². The minimum absolute atomic E-state index is 0.209. The molecule has 0 atom stereocenters. The molecule has 0 amide bonds. The number of esters is 1. The Hall–Kier alpha value is -2.80. The van der Waals surface area contributed by atoms with Gasteiger partial charge < -0.3 is 9.47 Å². The zero-order valence-corrected chi connectivity index (χ0v) is 11.0. The highest BCUT2D eigenvalue weighted by atomic mass is 16.5. The van der Waals surface area contributed by atoms with Crippen molar-refractivity contribution in [3.63, 3.8) is 0 Å². The molecular weight excluding hydrogens is 254 g/mol. The lowest BCUT2D eigenvalue weighted by Crippen LogP contribution is -2.04. The van der Waals surface area contributed by atoms with Crippen LogP contribution >= 0.6 is 0 Å². The van der Waals surface area contributed by atoms with Crippen LogP contribution in [0.4, 0.5) is 0 Å². The molecule has 4 nitrogen and oxygen atoms in total. The average Bonchev–Trinajstić information content (AvgIpc) is 2.48. The van der Waals surface area contributed by atoms with E-state index in [1.807, 2.05) is 18.2 Å². The molecule has 0 aliphatic rings. The molecule has 2 aromatic carbocycles. The van der Waals surface area contributed by atoms with Crippen molar-refractivity contribution in [2.75, 3.05) is 7.11 Å². The van der Waals surface area contributed by atoms with Gasteiger partial charge in [-0.25, -0.2) is 0 Å². The van der Waals surface area contributed by atoms with Crippen LogP contribution in [0.25, 0.3) is 0 Å². The maximum absolute atomic E-state index is 11.2. The highest BCUT2D eigenvalue weighted by Crippen LogP contribution is 2.22. The van der Waals surface area contributed by atoms with Gasteiger partial charge in [0, 0.05) is 0 Å². The summed E-state index contributed by atoms with van der Waals surface area (Å²) in [7, 11) is 1.36. The zero-order valence-electron chi connectivity index (χ0n) is 11.0. The molecule has 0 bridgehead atoms. The quantitative estimate of drug-likeness (QED) is 0.799. The first-order valence-electron chi connectivity index (χ1n) is 6.05. The van der Waals surface area contributed by atoms with E-state index in [0.717, 1.165) is 5.56 Å². The van der Waals surface area contributed by atoms with Gasteiger partial charge in [0.25, 0.3) is 0 Å². The molecule has 0 aromatic heterocycles. The molecule has 0 aliphatic carbocycles. The van der Waals surface area contributed by atoms with Crippen LogP contribution in [0.2, 0.25) is 0 Å². The van der Waals surface area contributed by atoms with Gasteiger partial charge in [-0.3, -0.25) is 4.79 Å². The maximum Gasteiger partial charge on any atom is 0.309 e. The minimum atomic E-state index is -0.291. The van der Waals surface area contributed by atoms with E-state index in [4.69, 9.17) is 10.00 Å². The molecule has 100 valence electrons. The Balaban J connectivity index is 2.11. The third-order valence-corrected chi connectivity index (χ3v) is 2.69. The maximum atomic E-state index is 11.2. The number of hydrogen-bond acceptors (Lipinski definition) is 4. The minimum Gasteiger partial charge on any atom is -0.469 e. The molecule has 2 aromatic rings. The summed E-state index contributed by atoms with van der Waals surface area (Å²) in [5.74, 6) is 0.982. The monoisotopic (exact) mass is 267 g/mol. The van der Waals surface area contributed by atoms with Crippen LogP contribution in [0.1, 0.15) is 11.1 Å². The number of hydrogen-bond donors (Lipinski definition) is 0. The summed E-state index contributed by atoms with van der Waals surface area (Å²) in [6.07, 6.45) is 0.209. The van der Waals surface area contributed by atoms with Gasteiger partial charge in [-0.05, 0) is 42.0 Å². The zero-order chi connectivity index (χ0) is 14.4. The lowest BCUT2D eigenvalue weighted by molar-refractivity contribution is -0.139. The van der Waals surface area contributed by atoms with Crippen LogP contribution in [-0.4, -0.2) is 13.1 Å². The Morgan fingerprint density at radius 3 is 2.55 bits per heavy atom. The fourth-order valence-electron chi connectivity index (χ4n) is 1.69. The highest BCUT2D eigenvalue weighted by molar-refractivity contribution is 5.72. The summed E-state index contributed by atoms with van der Waals surface area (Å²) >= 11 is 0. The fourth-order valence-corrected chi connectivity index (χ4v) is 1.69. The van der Waals surface area contributed by atoms with Gasteiger partial charge in [0.05, 0.1) is 25.2 Å². The summed E-state index contributed by atoms with van der Waals surface area (Å²) in [6.45, 7) is 0. The van der Waals surface area contributed by atoms with Crippen LogP contribution in [0.5, 0.6) is 11.5 Å². The summed E-state index contributed by atoms with van der Waals surface area (Å²) in [4.78, 5) is 11.2. The molecule has 0 N–H and O–H groups in total. The molecular formula is C16H13NO3. The smallest absolute Gasteiger partial charge is 0.309 e. The largest absolute Gasteiger partial charge is 0.469 e. The van der Waals surface area contributed by atoms with E-state index in [-0.39, 0.29) is 12.4 Å². The van der Waals surface area contributed by atoms with Crippen molar-refractivity contribution in [3.05, 3.63) is 59.7 Å². The number of carbonyl (C=O) groups excluding carboxylic acids is 1.